The van der Waals surface area contributed by atoms with Crippen molar-refractivity contribution >= 4 is 34.9 Å². The Morgan fingerprint density at radius 3 is 2.42 bits per heavy atom. The molecule has 0 aliphatic heterocycles. The van der Waals surface area contributed by atoms with E-state index in [0.29, 0.717) is 21.8 Å². The number of nitrogens with one attached hydrogen (secondary N) is 2. The maximum Gasteiger partial charge on any atom is 0.226 e. The first kappa shape index (κ1) is 17.7. The Labute approximate surface area is 145 Å². The van der Waals surface area contributed by atoms with E-state index in [1.165, 1.54) is 13.0 Å². The van der Waals surface area contributed by atoms with E-state index in [0.717, 1.165) is 0 Å². The Hall–Kier alpha value is -2.66. The summed E-state index contributed by atoms with van der Waals surface area (Å²) in [5.74, 6) is -0.724. The van der Waals surface area contributed by atoms with Crippen molar-refractivity contribution < 1.29 is 14.4 Å². The minimum absolute atomic E-state index is 0.112. The van der Waals surface area contributed by atoms with Gasteiger partial charge in [0.25, 0.3) is 0 Å². The minimum Gasteiger partial charge on any atom is -0.356 e. The number of hydrogen-bond acceptors (Lipinski definition) is 3. The lowest BCUT2D eigenvalue weighted by atomic mass is 10.0. The maximum atomic E-state index is 12.6. The van der Waals surface area contributed by atoms with E-state index in [1.807, 2.05) is 6.07 Å². The standard InChI is InChI=1S/C18H17ClN2O3/c1-12(22)20-10-9-17(23)21-16-8-7-14(19)11-15(16)18(24)13-5-3-2-4-6-13/h2-8,11H,9-10H2,1H3,(H,20,22)(H,21,23). The summed E-state index contributed by atoms with van der Waals surface area (Å²) in [5, 5.41) is 5.65. The molecule has 2 amide bonds. The van der Waals surface area contributed by atoms with Crippen LogP contribution in [0.3, 0.4) is 0 Å². The summed E-state index contributed by atoms with van der Waals surface area (Å²) in [6, 6.07) is 13.5. The van der Waals surface area contributed by atoms with Crippen molar-refractivity contribution in [1.82, 2.24) is 5.32 Å². The molecular formula is C18H17ClN2O3. The number of carbonyl (C=O) groups excluding carboxylic acids is 3. The van der Waals surface area contributed by atoms with Gasteiger partial charge in [-0.15, -0.1) is 0 Å². The topological polar surface area (TPSA) is 75.3 Å². The summed E-state index contributed by atoms with van der Waals surface area (Å²) in [7, 11) is 0. The Morgan fingerprint density at radius 1 is 1.04 bits per heavy atom. The highest BCUT2D eigenvalue weighted by Crippen LogP contribution is 2.23. The molecule has 0 radical (unpaired) electrons. The molecule has 2 N–H and O–H groups in total. The van der Waals surface area contributed by atoms with E-state index in [2.05, 4.69) is 10.6 Å². The van der Waals surface area contributed by atoms with Crippen LogP contribution in [0.15, 0.2) is 48.5 Å². The van der Waals surface area contributed by atoms with Crippen molar-refractivity contribution in [3.05, 3.63) is 64.7 Å². The molecular weight excluding hydrogens is 328 g/mol. The molecule has 0 aliphatic carbocycles. The first-order valence-electron chi connectivity index (χ1n) is 7.41. The molecule has 2 rings (SSSR count). The normalized spacial score (nSPS) is 10.1. The van der Waals surface area contributed by atoms with Crippen molar-refractivity contribution in [2.75, 3.05) is 11.9 Å². The monoisotopic (exact) mass is 344 g/mol. The van der Waals surface area contributed by atoms with Crippen LogP contribution >= 0.6 is 11.6 Å². The molecule has 0 fully saturated rings. The van der Waals surface area contributed by atoms with E-state index < -0.39 is 0 Å². The van der Waals surface area contributed by atoms with Gasteiger partial charge in [-0.2, -0.15) is 0 Å². The van der Waals surface area contributed by atoms with Gasteiger partial charge in [0.2, 0.25) is 11.8 Å². The largest absolute Gasteiger partial charge is 0.356 e. The van der Waals surface area contributed by atoms with E-state index >= 15 is 0 Å². The Kier molecular flexibility index (Phi) is 6.09. The fourth-order valence-corrected chi connectivity index (χ4v) is 2.30. The summed E-state index contributed by atoms with van der Waals surface area (Å²) in [5.41, 5.74) is 1.22. The highest BCUT2D eigenvalue weighted by atomic mass is 35.5. The number of rotatable bonds is 6. The molecule has 0 aromatic heterocycles. The van der Waals surface area contributed by atoms with Gasteiger partial charge in [0, 0.05) is 36.0 Å². The van der Waals surface area contributed by atoms with Crippen LogP contribution in [0.2, 0.25) is 5.02 Å². The summed E-state index contributed by atoms with van der Waals surface area (Å²) < 4.78 is 0. The zero-order valence-corrected chi connectivity index (χ0v) is 13.9. The smallest absolute Gasteiger partial charge is 0.226 e. The molecule has 0 atom stereocenters. The first-order chi connectivity index (χ1) is 11.5. The lowest BCUT2D eigenvalue weighted by molar-refractivity contribution is -0.119. The molecule has 6 heteroatoms. The fourth-order valence-electron chi connectivity index (χ4n) is 2.12. The number of halogens is 1. The van der Waals surface area contributed by atoms with Crippen LogP contribution in [-0.2, 0) is 9.59 Å². The van der Waals surface area contributed by atoms with Crippen LogP contribution in [0, 0.1) is 0 Å². The van der Waals surface area contributed by atoms with Gasteiger partial charge >= 0.3 is 0 Å². The van der Waals surface area contributed by atoms with Crippen LogP contribution in [0.5, 0.6) is 0 Å². The maximum absolute atomic E-state index is 12.6. The number of ketones is 1. The van der Waals surface area contributed by atoms with Crippen LogP contribution in [0.25, 0.3) is 0 Å². The second-order valence-electron chi connectivity index (χ2n) is 5.17. The SMILES string of the molecule is CC(=O)NCCC(=O)Nc1ccc(Cl)cc1C(=O)c1ccccc1. The van der Waals surface area contributed by atoms with E-state index in [4.69, 9.17) is 11.6 Å². The van der Waals surface area contributed by atoms with Crippen LogP contribution in [0.4, 0.5) is 5.69 Å². The molecule has 2 aromatic carbocycles. The summed E-state index contributed by atoms with van der Waals surface area (Å²) >= 11 is 5.99. The third-order valence-corrected chi connectivity index (χ3v) is 3.50. The third kappa shape index (κ3) is 4.93. The fraction of sp³-hybridized carbons (Fsp3) is 0.167. The molecule has 0 saturated carbocycles. The number of hydrogen-bond donors (Lipinski definition) is 2. The van der Waals surface area contributed by atoms with Gasteiger partial charge in [-0.1, -0.05) is 41.9 Å². The number of anilines is 1. The molecule has 0 unspecified atom stereocenters. The average molecular weight is 345 g/mol. The van der Waals surface area contributed by atoms with Crippen molar-refractivity contribution in [2.24, 2.45) is 0 Å². The molecule has 0 aliphatic rings. The zero-order valence-electron chi connectivity index (χ0n) is 13.1. The van der Waals surface area contributed by atoms with Crippen molar-refractivity contribution in [2.45, 2.75) is 13.3 Å². The predicted octanol–water partition coefficient (Wildman–Crippen LogP) is 3.04. The number of benzene rings is 2. The van der Waals surface area contributed by atoms with Crippen molar-refractivity contribution in [3.63, 3.8) is 0 Å². The summed E-state index contributed by atoms with van der Waals surface area (Å²) in [6.07, 6.45) is 0.112. The van der Waals surface area contributed by atoms with Gasteiger partial charge in [-0.05, 0) is 18.2 Å². The van der Waals surface area contributed by atoms with E-state index in [9.17, 15) is 14.4 Å². The summed E-state index contributed by atoms with van der Waals surface area (Å²) in [4.78, 5) is 35.4. The minimum atomic E-state index is -0.298. The van der Waals surface area contributed by atoms with Gasteiger partial charge in [0.15, 0.2) is 5.78 Å². The molecule has 0 bridgehead atoms. The second-order valence-corrected chi connectivity index (χ2v) is 5.60. The van der Waals surface area contributed by atoms with Crippen LogP contribution in [-0.4, -0.2) is 24.1 Å². The van der Waals surface area contributed by atoms with Crippen LogP contribution < -0.4 is 10.6 Å². The van der Waals surface area contributed by atoms with Gasteiger partial charge in [0.05, 0.1) is 5.69 Å². The average Bonchev–Trinajstić information content (AvgIpc) is 2.56. The molecule has 0 spiro atoms. The lowest BCUT2D eigenvalue weighted by Crippen LogP contribution is -2.25. The molecule has 124 valence electrons. The summed E-state index contributed by atoms with van der Waals surface area (Å²) in [6.45, 7) is 1.62. The molecule has 0 heterocycles. The van der Waals surface area contributed by atoms with Crippen molar-refractivity contribution in [3.8, 4) is 0 Å². The number of amides is 2. The Balaban J connectivity index is 2.17. The van der Waals surface area contributed by atoms with Gasteiger partial charge in [-0.25, -0.2) is 0 Å². The lowest BCUT2D eigenvalue weighted by Gasteiger charge is -2.11. The Morgan fingerprint density at radius 2 is 1.75 bits per heavy atom. The second kappa shape index (κ2) is 8.26. The molecule has 5 nitrogen and oxygen atoms in total. The number of carbonyl (C=O) groups is 3. The highest BCUT2D eigenvalue weighted by Gasteiger charge is 2.16. The molecule has 0 saturated heterocycles. The highest BCUT2D eigenvalue weighted by molar-refractivity contribution is 6.31. The molecule has 24 heavy (non-hydrogen) atoms. The van der Waals surface area contributed by atoms with Crippen LogP contribution in [0.1, 0.15) is 29.3 Å². The van der Waals surface area contributed by atoms with Gasteiger partial charge in [0.1, 0.15) is 0 Å². The third-order valence-electron chi connectivity index (χ3n) is 3.26. The zero-order chi connectivity index (χ0) is 17.5. The van der Waals surface area contributed by atoms with E-state index in [-0.39, 0.29) is 30.6 Å². The van der Waals surface area contributed by atoms with Crippen molar-refractivity contribution in [1.29, 1.82) is 0 Å². The van der Waals surface area contributed by atoms with E-state index in [1.54, 1.807) is 36.4 Å². The molecule has 2 aromatic rings. The Bertz CT molecular complexity index is 760. The van der Waals surface area contributed by atoms with Gasteiger partial charge in [-0.3, -0.25) is 14.4 Å². The van der Waals surface area contributed by atoms with Gasteiger partial charge < -0.3 is 10.6 Å². The predicted molar refractivity (Wildman–Crippen MR) is 93.3 cm³/mol. The first-order valence-corrected chi connectivity index (χ1v) is 7.79. The quantitative estimate of drug-likeness (QED) is 0.791.